The molecule has 0 unspecified atom stereocenters. The highest BCUT2D eigenvalue weighted by Crippen LogP contribution is 2.30. The predicted octanol–water partition coefficient (Wildman–Crippen LogP) is 18.7. The molecule has 0 aliphatic heterocycles. The molecule has 0 amide bonds. The van der Waals surface area contributed by atoms with E-state index in [2.05, 4.69) is 13.2 Å². The lowest BCUT2D eigenvalue weighted by atomic mass is 10.0. The number of carbonyl (C=O) groups is 4. The molecule has 10 nitrogen and oxygen atoms in total. The minimum absolute atomic E-state index is 0.138. The average molecular weight is 1090 g/mol. The maximum atomic E-state index is 15.0. The van der Waals surface area contributed by atoms with Gasteiger partial charge in [-0.1, -0.05) is 206 Å². The van der Waals surface area contributed by atoms with E-state index in [-0.39, 0.29) is 23.1 Å². The van der Waals surface area contributed by atoms with Gasteiger partial charge in [-0.3, -0.25) is 0 Å². The summed E-state index contributed by atoms with van der Waals surface area (Å²) in [5.74, 6) is -5.29. The van der Waals surface area contributed by atoms with Crippen LogP contribution in [0.25, 0.3) is 0 Å². The molecule has 3 aromatic rings. The van der Waals surface area contributed by atoms with Gasteiger partial charge in [-0.25, -0.2) is 19.2 Å². The van der Waals surface area contributed by atoms with Gasteiger partial charge in [-0.05, 0) is 100 Å². The van der Waals surface area contributed by atoms with E-state index in [0.29, 0.717) is 49.1 Å². The Kier molecular flexibility index (Phi) is 37.1. The molecule has 0 atom stereocenters. The van der Waals surface area contributed by atoms with E-state index in [1.807, 2.05) is 0 Å². The molecule has 3 aromatic carbocycles. The Morgan fingerprint density at radius 3 is 0.782 bits per heavy atom. The summed E-state index contributed by atoms with van der Waals surface area (Å²) in [7, 11) is 0. The van der Waals surface area contributed by atoms with E-state index in [4.69, 9.17) is 28.4 Å². The summed E-state index contributed by atoms with van der Waals surface area (Å²) in [6, 6.07) is 14.7. The fraction of sp³-hybridized carbons (Fsp3) is 0.606. The largest absolute Gasteiger partial charge is 0.494 e. The number of halogens is 2. The number of hydrogen-bond donors (Lipinski definition) is 0. The Labute approximate surface area is 467 Å². The first kappa shape index (κ1) is 66.8. The van der Waals surface area contributed by atoms with Crippen LogP contribution in [0, 0.1) is 11.6 Å². The Hall–Kier alpha value is -5.52. The van der Waals surface area contributed by atoms with Crippen molar-refractivity contribution in [2.45, 2.75) is 232 Å². The quantitative estimate of drug-likeness (QED) is 0.0234. The first-order chi connectivity index (χ1) is 38.0. The third-order valence-electron chi connectivity index (χ3n) is 13.9. The maximum Gasteiger partial charge on any atom is 0.343 e. The Morgan fingerprint density at radius 2 is 0.551 bits per heavy atom. The monoisotopic (exact) mass is 1090 g/mol. The molecule has 0 bridgehead atoms. The van der Waals surface area contributed by atoms with Crippen molar-refractivity contribution in [2.75, 3.05) is 26.4 Å². The zero-order valence-corrected chi connectivity index (χ0v) is 47.9. The van der Waals surface area contributed by atoms with Crippen LogP contribution in [0.5, 0.6) is 23.0 Å². The standard InChI is InChI=1S/C66H96F2O10/c1-53(2)63(69)75-51-37-33-29-25-21-17-13-9-5-7-11-15-19-23-27-31-35-49-73-57-43-39-55(40-44-57)65(71)77-59-47-48-60(62(68)61(59)67)78-66(72)56-41-45-58(46-42-56)74-50-36-32-28-24-20-16-12-8-6-10-14-18-22-26-30-34-38-52-76-64(70)54(3)4/h39-48H,1,3,5-38,49-52H2,2,4H3. The summed E-state index contributed by atoms with van der Waals surface area (Å²) in [5.41, 5.74) is 1.19. The topological polar surface area (TPSA) is 124 Å². The minimum Gasteiger partial charge on any atom is -0.494 e. The second-order valence-corrected chi connectivity index (χ2v) is 21.1. The van der Waals surface area contributed by atoms with Crippen LogP contribution in [0.2, 0.25) is 0 Å². The number of unbranched alkanes of at least 4 members (excludes halogenated alkanes) is 32. The van der Waals surface area contributed by atoms with E-state index in [9.17, 15) is 19.2 Å². The molecule has 0 radical (unpaired) electrons. The molecule has 0 saturated heterocycles. The van der Waals surface area contributed by atoms with Gasteiger partial charge in [0.05, 0.1) is 37.6 Å². The summed E-state index contributed by atoms with van der Waals surface area (Å²) in [6.07, 6.45) is 41.3. The van der Waals surface area contributed by atoms with Gasteiger partial charge in [0.25, 0.3) is 0 Å². The number of esters is 4. The number of rotatable bonds is 48. The summed E-state index contributed by atoms with van der Waals surface area (Å²) < 4.78 is 62.4. The minimum atomic E-state index is -1.45. The van der Waals surface area contributed by atoms with Crippen LogP contribution in [0.1, 0.15) is 253 Å². The van der Waals surface area contributed by atoms with Crippen molar-refractivity contribution in [3.63, 3.8) is 0 Å². The smallest absolute Gasteiger partial charge is 0.343 e. The molecule has 0 spiro atoms. The zero-order chi connectivity index (χ0) is 56.3. The van der Waals surface area contributed by atoms with E-state index in [1.165, 1.54) is 191 Å². The lowest BCUT2D eigenvalue weighted by Gasteiger charge is -2.11. The second kappa shape index (κ2) is 43.4. The van der Waals surface area contributed by atoms with Crippen LogP contribution >= 0.6 is 0 Å². The van der Waals surface area contributed by atoms with Gasteiger partial charge >= 0.3 is 23.9 Å². The molecule has 0 fully saturated rings. The lowest BCUT2D eigenvalue weighted by molar-refractivity contribution is -0.139. The first-order valence-electron chi connectivity index (χ1n) is 30.0. The van der Waals surface area contributed by atoms with E-state index < -0.39 is 35.1 Å². The first-order valence-corrected chi connectivity index (χ1v) is 30.0. The van der Waals surface area contributed by atoms with Gasteiger partial charge in [-0.15, -0.1) is 0 Å². The highest BCUT2D eigenvalue weighted by molar-refractivity contribution is 5.92. The van der Waals surface area contributed by atoms with Gasteiger partial charge in [0.1, 0.15) is 11.5 Å². The molecule has 0 N–H and O–H groups in total. The molecule has 434 valence electrons. The van der Waals surface area contributed by atoms with Gasteiger partial charge in [0.15, 0.2) is 11.5 Å². The molecule has 78 heavy (non-hydrogen) atoms. The van der Waals surface area contributed by atoms with Crippen molar-refractivity contribution < 1.29 is 56.4 Å². The summed E-state index contributed by atoms with van der Waals surface area (Å²) in [6.45, 7) is 12.6. The molecule has 0 aliphatic rings. The molecular weight excluding hydrogens is 991 g/mol. The van der Waals surface area contributed by atoms with Crippen LogP contribution in [0.3, 0.4) is 0 Å². The number of carbonyl (C=O) groups excluding carboxylic acids is 4. The average Bonchev–Trinajstić information content (AvgIpc) is 3.44. The third kappa shape index (κ3) is 31.8. The Morgan fingerprint density at radius 1 is 0.333 bits per heavy atom. The molecule has 0 heterocycles. The molecule has 0 saturated carbocycles. The van der Waals surface area contributed by atoms with Crippen LogP contribution in [-0.2, 0) is 19.1 Å². The van der Waals surface area contributed by atoms with Crippen molar-refractivity contribution in [2.24, 2.45) is 0 Å². The summed E-state index contributed by atoms with van der Waals surface area (Å²) in [5, 5.41) is 0. The second-order valence-electron chi connectivity index (χ2n) is 21.1. The van der Waals surface area contributed by atoms with Gasteiger partial charge < -0.3 is 28.4 Å². The Bertz CT molecular complexity index is 1990. The molecule has 0 aromatic heterocycles. The fourth-order valence-corrected chi connectivity index (χ4v) is 9.03. The van der Waals surface area contributed by atoms with E-state index in [1.54, 1.807) is 38.1 Å². The third-order valence-corrected chi connectivity index (χ3v) is 13.9. The summed E-state index contributed by atoms with van der Waals surface area (Å²) >= 11 is 0. The van der Waals surface area contributed by atoms with Crippen molar-refractivity contribution in [1.29, 1.82) is 0 Å². The molecule has 3 rings (SSSR count). The maximum absolute atomic E-state index is 15.0. The van der Waals surface area contributed by atoms with Gasteiger partial charge in [0.2, 0.25) is 11.6 Å². The summed E-state index contributed by atoms with van der Waals surface area (Å²) in [4.78, 5) is 48.4. The van der Waals surface area contributed by atoms with Crippen molar-refractivity contribution in [3.8, 4) is 23.0 Å². The van der Waals surface area contributed by atoms with Crippen molar-refractivity contribution in [3.05, 3.63) is 108 Å². The number of hydrogen-bond acceptors (Lipinski definition) is 10. The zero-order valence-electron chi connectivity index (χ0n) is 47.9. The SMILES string of the molecule is C=C(C)C(=O)OCCCCCCCCCCCCCCCCCCCOc1ccc(C(=O)Oc2ccc(OC(=O)c3ccc(OCCCCCCCCCCCCCCCCCCCOC(=O)C(=C)C)cc3)c(F)c2F)cc1. The van der Waals surface area contributed by atoms with Gasteiger partial charge in [-0.2, -0.15) is 8.78 Å². The van der Waals surface area contributed by atoms with Crippen molar-refractivity contribution >= 4 is 23.9 Å². The number of ether oxygens (including phenoxy) is 6. The van der Waals surface area contributed by atoms with E-state index >= 15 is 8.78 Å². The highest BCUT2D eigenvalue weighted by atomic mass is 19.2. The Balaban J connectivity index is 1.14. The fourth-order valence-electron chi connectivity index (χ4n) is 9.03. The number of benzene rings is 3. The van der Waals surface area contributed by atoms with E-state index in [0.717, 1.165) is 63.5 Å². The predicted molar refractivity (Wildman–Crippen MR) is 309 cm³/mol. The molecule has 12 heteroatoms. The van der Waals surface area contributed by atoms with Crippen molar-refractivity contribution in [1.82, 2.24) is 0 Å². The molecule has 0 aliphatic carbocycles. The highest BCUT2D eigenvalue weighted by Gasteiger charge is 2.21. The van der Waals surface area contributed by atoms with Crippen LogP contribution < -0.4 is 18.9 Å². The van der Waals surface area contributed by atoms with Crippen LogP contribution in [-0.4, -0.2) is 50.3 Å². The van der Waals surface area contributed by atoms with Crippen LogP contribution in [0.15, 0.2) is 85.0 Å². The normalized spacial score (nSPS) is 11.0. The lowest BCUT2D eigenvalue weighted by Crippen LogP contribution is -2.12. The molecular formula is C66H96F2O10. The van der Waals surface area contributed by atoms with Gasteiger partial charge in [0, 0.05) is 11.1 Å². The van der Waals surface area contributed by atoms with Crippen LogP contribution in [0.4, 0.5) is 8.78 Å².